The molecule has 3 rings (SSSR count). The van der Waals surface area contributed by atoms with Crippen molar-refractivity contribution in [3.63, 3.8) is 0 Å². The topological polar surface area (TPSA) is 30.0 Å². The lowest BCUT2D eigenvalue weighted by molar-refractivity contribution is 0.0919. The minimum Gasteiger partial charge on any atom is -0.293 e. The van der Waals surface area contributed by atoms with Crippen molar-refractivity contribution in [1.82, 2.24) is 4.98 Å². The van der Waals surface area contributed by atoms with Gasteiger partial charge in [-0.3, -0.25) is 9.78 Å². The van der Waals surface area contributed by atoms with Crippen LogP contribution in [0.2, 0.25) is 0 Å². The molecule has 0 aliphatic heterocycles. The van der Waals surface area contributed by atoms with Gasteiger partial charge in [-0.1, -0.05) is 0 Å². The highest BCUT2D eigenvalue weighted by Gasteiger charge is 2.54. The molecule has 1 fully saturated rings. The van der Waals surface area contributed by atoms with Crippen LogP contribution in [0.3, 0.4) is 0 Å². The van der Waals surface area contributed by atoms with Crippen molar-refractivity contribution < 1.29 is 4.79 Å². The van der Waals surface area contributed by atoms with E-state index >= 15 is 0 Å². The number of fused-ring (bicyclic) bond motifs is 1. The zero-order valence-electron chi connectivity index (χ0n) is 6.71. The van der Waals surface area contributed by atoms with Gasteiger partial charge in [-0.2, -0.15) is 0 Å². The second-order valence-corrected chi connectivity index (χ2v) is 3.78. The average molecular weight is 159 g/mol. The Morgan fingerprint density at radius 1 is 1.42 bits per heavy atom. The Hall–Kier alpha value is -1.18. The van der Waals surface area contributed by atoms with Crippen LogP contribution in [0.25, 0.3) is 0 Å². The zero-order valence-corrected chi connectivity index (χ0v) is 6.71. The van der Waals surface area contributed by atoms with Gasteiger partial charge in [-0.15, -0.1) is 0 Å². The number of Topliss-reactive ketones (excluding diaryl/α,β-unsaturated/α-hetero) is 1. The lowest BCUT2D eigenvalue weighted by Gasteiger charge is -1.98. The first-order valence-electron chi connectivity index (χ1n) is 4.31. The van der Waals surface area contributed by atoms with Crippen LogP contribution in [0.4, 0.5) is 0 Å². The van der Waals surface area contributed by atoms with Gasteiger partial charge >= 0.3 is 0 Å². The van der Waals surface area contributed by atoms with E-state index in [0.717, 1.165) is 30.5 Å². The first kappa shape index (κ1) is 6.35. The lowest BCUT2D eigenvalue weighted by Crippen LogP contribution is -2.08. The van der Waals surface area contributed by atoms with Crippen LogP contribution in [0.1, 0.15) is 28.9 Å². The van der Waals surface area contributed by atoms with Crippen molar-refractivity contribution in [2.75, 3.05) is 0 Å². The summed E-state index contributed by atoms with van der Waals surface area (Å²) in [6.45, 7) is 0. The van der Waals surface area contributed by atoms with Crippen molar-refractivity contribution in [2.45, 2.75) is 19.3 Å². The minimum atomic E-state index is 0.0106. The number of carbonyl (C=O) groups is 1. The molecule has 2 aliphatic rings. The Labute approximate surface area is 70.6 Å². The van der Waals surface area contributed by atoms with E-state index in [-0.39, 0.29) is 5.41 Å². The van der Waals surface area contributed by atoms with E-state index in [1.165, 1.54) is 0 Å². The molecule has 12 heavy (non-hydrogen) atoms. The van der Waals surface area contributed by atoms with Gasteiger partial charge in [0.2, 0.25) is 0 Å². The SMILES string of the molecule is O=C1c2cccnc2CC12CC2. The second-order valence-electron chi connectivity index (χ2n) is 3.78. The summed E-state index contributed by atoms with van der Waals surface area (Å²) in [5, 5.41) is 0. The van der Waals surface area contributed by atoms with Crippen LogP contribution in [-0.2, 0) is 6.42 Å². The van der Waals surface area contributed by atoms with Crippen LogP contribution in [-0.4, -0.2) is 10.8 Å². The molecule has 0 N–H and O–H groups in total. The molecular formula is C10H9NO. The Bertz CT molecular complexity index is 366. The van der Waals surface area contributed by atoms with Gasteiger partial charge < -0.3 is 0 Å². The number of hydrogen-bond donors (Lipinski definition) is 0. The summed E-state index contributed by atoms with van der Waals surface area (Å²) >= 11 is 0. The van der Waals surface area contributed by atoms with Gasteiger partial charge in [0.15, 0.2) is 5.78 Å². The van der Waals surface area contributed by atoms with Gasteiger partial charge in [0.1, 0.15) is 0 Å². The van der Waals surface area contributed by atoms with E-state index in [9.17, 15) is 4.79 Å². The Morgan fingerprint density at radius 3 is 2.92 bits per heavy atom. The molecule has 2 heteroatoms. The van der Waals surface area contributed by atoms with Crippen LogP contribution in [0.15, 0.2) is 18.3 Å². The number of hydrogen-bond acceptors (Lipinski definition) is 2. The third-order valence-electron chi connectivity index (χ3n) is 2.98. The molecule has 1 aromatic heterocycles. The molecule has 0 saturated heterocycles. The smallest absolute Gasteiger partial charge is 0.171 e. The van der Waals surface area contributed by atoms with E-state index in [1.807, 2.05) is 12.1 Å². The van der Waals surface area contributed by atoms with E-state index in [2.05, 4.69) is 4.98 Å². The molecule has 0 radical (unpaired) electrons. The lowest BCUT2D eigenvalue weighted by atomic mass is 10.0. The fourth-order valence-electron chi connectivity index (χ4n) is 2.03. The highest BCUT2D eigenvalue weighted by Crippen LogP contribution is 2.54. The van der Waals surface area contributed by atoms with Gasteiger partial charge in [-0.05, 0) is 25.0 Å². The van der Waals surface area contributed by atoms with Gasteiger partial charge in [0.25, 0.3) is 0 Å². The summed E-state index contributed by atoms with van der Waals surface area (Å²) in [7, 11) is 0. The number of carbonyl (C=O) groups excluding carboxylic acids is 1. The summed E-state index contributed by atoms with van der Waals surface area (Å²) in [4.78, 5) is 16.0. The number of rotatable bonds is 0. The van der Waals surface area contributed by atoms with E-state index in [4.69, 9.17) is 0 Å². The highest BCUT2D eigenvalue weighted by atomic mass is 16.1. The monoisotopic (exact) mass is 159 g/mol. The summed E-state index contributed by atoms with van der Waals surface area (Å²) < 4.78 is 0. The quantitative estimate of drug-likeness (QED) is 0.575. The third kappa shape index (κ3) is 0.607. The minimum absolute atomic E-state index is 0.0106. The molecular weight excluding hydrogens is 150 g/mol. The largest absolute Gasteiger partial charge is 0.293 e. The van der Waals surface area contributed by atoms with Crippen LogP contribution < -0.4 is 0 Å². The molecule has 1 saturated carbocycles. The van der Waals surface area contributed by atoms with E-state index in [1.54, 1.807) is 6.20 Å². The van der Waals surface area contributed by atoms with Crippen molar-refractivity contribution in [2.24, 2.45) is 5.41 Å². The summed E-state index contributed by atoms with van der Waals surface area (Å²) in [5.74, 6) is 0.339. The molecule has 1 heterocycles. The number of ketones is 1. The normalized spacial score (nSPS) is 22.8. The fraction of sp³-hybridized carbons (Fsp3) is 0.400. The molecule has 0 atom stereocenters. The van der Waals surface area contributed by atoms with Crippen molar-refractivity contribution >= 4 is 5.78 Å². The van der Waals surface area contributed by atoms with E-state index in [0.29, 0.717) is 5.78 Å². The number of aromatic nitrogens is 1. The zero-order chi connectivity index (χ0) is 8.18. The molecule has 0 unspecified atom stereocenters. The first-order valence-corrected chi connectivity index (χ1v) is 4.31. The van der Waals surface area contributed by atoms with E-state index < -0.39 is 0 Å². The molecule has 60 valence electrons. The van der Waals surface area contributed by atoms with Gasteiger partial charge in [0, 0.05) is 23.6 Å². The Balaban J connectivity index is 2.19. The fourth-order valence-corrected chi connectivity index (χ4v) is 2.03. The molecule has 1 aromatic rings. The maximum Gasteiger partial charge on any atom is 0.171 e. The third-order valence-corrected chi connectivity index (χ3v) is 2.98. The standard InChI is InChI=1S/C10H9NO/c12-9-7-2-1-5-11-8(7)6-10(9)3-4-10/h1-2,5H,3-4,6H2. The van der Waals surface area contributed by atoms with Gasteiger partial charge in [0.05, 0.1) is 5.69 Å². The summed E-state index contributed by atoms with van der Waals surface area (Å²) in [5.41, 5.74) is 1.89. The molecule has 2 nitrogen and oxygen atoms in total. The Morgan fingerprint density at radius 2 is 2.25 bits per heavy atom. The molecule has 1 spiro atoms. The highest BCUT2D eigenvalue weighted by molar-refractivity contribution is 6.06. The predicted octanol–water partition coefficient (Wildman–Crippen LogP) is 1.60. The molecule has 0 amide bonds. The summed E-state index contributed by atoms with van der Waals surface area (Å²) in [6.07, 6.45) is 4.81. The molecule has 0 aromatic carbocycles. The van der Waals surface area contributed by atoms with Crippen molar-refractivity contribution in [1.29, 1.82) is 0 Å². The maximum atomic E-state index is 11.7. The molecule has 2 aliphatic carbocycles. The number of pyridine rings is 1. The second kappa shape index (κ2) is 1.76. The molecule has 0 bridgehead atoms. The first-order chi connectivity index (χ1) is 5.82. The van der Waals surface area contributed by atoms with Crippen LogP contribution >= 0.6 is 0 Å². The number of nitrogens with zero attached hydrogens (tertiary/aromatic N) is 1. The summed E-state index contributed by atoms with van der Waals surface area (Å²) in [6, 6.07) is 3.75. The Kier molecular flexibility index (Phi) is 0.932. The van der Waals surface area contributed by atoms with Crippen LogP contribution in [0, 0.1) is 5.41 Å². The van der Waals surface area contributed by atoms with Crippen molar-refractivity contribution in [3.8, 4) is 0 Å². The van der Waals surface area contributed by atoms with Gasteiger partial charge in [-0.25, -0.2) is 0 Å². The predicted molar refractivity (Wildman–Crippen MR) is 43.9 cm³/mol. The average Bonchev–Trinajstić information content (AvgIpc) is 2.79. The van der Waals surface area contributed by atoms with Crippen LogP contribution in [0.5, 0.6) is 0 Å². The van der Waals surface area contributed by atoms with Crippen molar-refractivity contribution in [3.05, 3.63) is 29.6 Å². The maximum absolute atomic E-state index is 11.7.